The van der Waals surface area contributed by atoms with E-state index in [1.54, 1.807) is 6.07 Å². The van der Waals surface area contributed by atoms with Crippen LogP contribution in [0.2, 0.25) is 0 Å². The van der Waals surface area contributed by atoms with E-state index in [1.807, 2.05) is 67.1 Å². The third-order valence-corrected chi connectivity index (χ3v) is 4.88. The van der Waals surface area contributed by atoms with Crippen molar-refractivity contribution in [3.8, 4) is 5.69 Å². The molecule has 1 heterocycles. The number of rotatable bonds is 6. The number of benzene rings is 2. The van der Waals surface area contributed by atoms with Gasteiger partial charge in [-0.3, -0.25) is 9.59 Å². The minimum Gasteiger partial charge on any atom is -0.353 e. The Morgan fingerprint density at radius 2 is 1.83 bits per heavy atom. The molecule has 0 saturated heterocycles. The molecule has 6 nitrogen and oxygen atoms in total. The number of hydrogen-bond donors (Lipinski definition) is 2. The minimum absolute atomic E-state index is 0.0465. The van der Waals surface area contributed by atoms with E-state index in [4.69, 9.17) is 0 Å². The zero-order valence-corrected chi connectivity index (χ0v) is 16.6. The molecule has 0 radical (unpaired) electrons. The maximum Gasteiger partial charge on any atom is 0.255 e. The molecule has 0 atom stereocenters. The van der Waals surface area contributed by atoms with Gasteiger partial charge in [0.25, 0.3) is 5.91 Å². The molecule has 2 amide bonds. The van der Waals surface area contributed by atoms with Crippen LogP contribution in [-0.2, 0) is 11.2 Å². The molecular formula is C23H24N4O2. The first kappa shape index (κ1) is 18.9. The summed E-state index contributed by atoms with van der Waals surface area (Å²) in [7, 11) is 0. The summed E-state index contributed by atoms with van der Waals surface area (Å²) in [5.41, 5.74) is 4.97. The van der Waals surface area contributed by atoms with Gasteiger partial charge < -0.3 is 10.6 Å². The number of amides is 2. The first-order valence-corrected chi connectivity index (χ1v) is 9.81. The number of nitrogens with zero attached hydrogens (tertiary/aromatic N) is 2. The van der Waals surface area contributed by atoms with E-state index in [2.05, 4.69) is 15.7 Å². The van der Waals surface area contributed by atoms with Gasteiger partial charge in [0.15, 0.2) is 0 Å². The Hall–Kier alpha value is -3.41. The average molecular weight is 388 g/mol. The van der Waals surface area contributed by atoms with Gasteiger partial charge in [-0.05, 0) is 68.7 Å². The van der Waals surface area contributed by atoms with Crippen molar-refractivity contribution in [3.05, 3.63) is 77.1 Å². The number of nitrogens with one attached hydrogen (secondary N) is 2. The van der Waals surface area contributed by atoms with E-state index in [9.17, 15) is 9.59 Å². The second-order valence-electron chi connectivity index (χ2n) is 7.56. The van der Waals surface area contributed by atoms with E-state index >= 15 is 0 Å². The van der Waals surface area contributed by atoms with Crippen LogP contribution in [-0.4, -0.2) is 27.6 Å². The average Bonchev–Trinajstić information content (AvgIpc) is 3.44. The Morgan fingerprint density at radius 3 is 2.48 bits per heavy atom. The summed E-state index contributed by atoms with van der Waals surface area (Å²) in [4.78, 5) is 24.6. The maximum atomic E-state index is 12.7. The zero-order valence-electron chi connectivity index (χ0n) is 16.6. The predicted octanol–water partition coefficient (Wildman–Crippen LogP) is 3.56. The Morgan fingerprint density at radius 1 is 1.07 bits per heavy atom. The lowest BCUT2D eigenvalue weighted by atomic mass is 10.1. The van der Waals surface area contributed by atoms with Crippen molar-refractivity contribution in [2.24, 2.45) is 0 Å². The second-order valence-corrected chi connectivity index (χ2v) is 7.56. The van der Waals surface area contributed by atoms with Gasteiger partial charge in [-0.1, -0.05) is 18.2 Å². The van der Waals surface area contributed by atoms with Gasteiger partial charge >= 0.3 is 0 Å². The molecule has 1 aliphatic carbocycles. The summed E-state index contributed by atoms with van der Waals surface area (Å²) in [6.07, 6.45) is 2.52. The van der Waals surface area contributed by atoms with Crippen molar-refractivity contribution in [1.82, 2.24) is 15.1 Å². The predicted molar refractivity (Wildman–Crippen MR) is 112 cm³/mol. The van der Waals surface area contributed by atoms with Crippen LogP contribution in [0.25, 0.3) is 5.69 Å². The van der Waals surface area contributed by atoms with Gasteiger partial charge in [-0.25, -0.2) is 4.68 Å². The first-order chi connectivity index (χ1) is 14.0. The van der Waals surface area contributed by atoms with Crippen LogP contribution in [0.4, 0.5) is 5.69 Å². The molecule has 148 valence electrons. The SMILES string of the molecule is Cc1cc(C)n(-c2cccc(C(=O)Nc3ccc(CC(=O)NC4CC4)cc3)c2)n1. The number of carbonyl (C=O) groups is 2. The molecular weight excluding hydrogens is 364 g/mol. The molecule has 0 unspecified atom stereocenters. The van der Waals surface area contributed by atoms with E-state index < -0.39 is 0 Å². The molecule has 29 heavy (non-hydrogen) atoms. The van der Waals surface area contributed by atoms with Crippen LogP contribution in [0.1, 0.15) is 40.2 Å². The van der Waals surface area contributed by atoms with Crippen LogP contribution in [0.15, 0.2) is 54.6 Å². The summed E-state index contributed by atoms with van der Waals surface area (Å²) in [6, 6.07) is 17.1. The highest BCUT2D eigenvalue weighted by atomic mass is 16.2. The van der Waals surface area contributed by atoms with Crippen molar-refractivity contribution in [3.63, 3.8) is 0 Å². The Balaban J connectivity index is 1.42. The monoisotopic (exact) mass is 388 g/mol. The van der Waals surface area contributed by atoms with Crippen molar-refractivity contribution >= 4 is 17.5 Å². The molecule has 1 aromatic heterocycles. The fourth-order valence-corrected chi connectivity index (χ4v) is 3.27. The van der Waals surface area contributed by atoms with E-state index in [1.165, 1.54) is 0 Å². The molecule has 3 aromatic rings. The highest BCUT2D eigenvalue weighted by Crippen LogP contribution is 2.19. The maximum absolute atomic E-state index is 12.7. The minimum atomic E-state index is -0.187. The highest BCUT2D eigenvalue weighted by molar-refractivity contribution is 6.04. The fourth-order valence-electron chi connectivity index (χ4n) is 3.27. The third-order valence-electron chi connectivity index (χ3n) is 4.88. The molecule has 4 rings (SSSR count). The van der Waals surface area contributed by atoms with Crippen molar-refractivity contribution in [2.75, 3.05) is 5.32 Å². The van der Waals surface area contributed by atoms with Gasteiger partial charge in [0.2, 0.25) is 5.91 Å². The molecule has 0 bridgehead atoms. The summed E-state index contributed by atoms with van der Waals surface area (Å²) < 4.78 is 1.83. The normalized spacial score (nSPS) is 13.2. The van der Waals surface area contributed by atoms with Crippen LogP contribution in [0, 0.1) is 13.8 Å². The molecule has 1 aliphatic rings. The molecule has 2 aromatic carbocycles. The van der Waals surface area contributed by atoms with Gasteiger partial charge in [-0.15, -0.1) is 0 Å². The fraction of sp³-hybridized carbons (Fsp3) is 0.261. The molecule has 0 spiro atoms. The van der Waals surface area contributed by atoms with Crippen molar-refractivity contribution in [2.45, 2.75) is 39.2 Å². The summed E-state index contributed by atoms with van der Waals surface area (Å²) >= 11 is 0. The van der Waals surface area contributed by atoms with Gasteiger partial charge in [0, 0.05) is 23.0 Å². The third kappa shape index (κ3) is 4.71. The molecule has 0 aliphatic heterocycles. The lowest BCUT2D eigenvalue weighted by molar-refractivity contribution is -0.120. The quantitative estimate of drug-likeness (QED) is 0.678. The smallest absolute Gasteiger partial charge is 0.255 e. The van der Waals surface area contributed by atoms with Gasteiger partial charge in [0.1, 0.15) is 0 Å². The molecule has 1 saturated carbocycles. The van der Waals surface area contributed by atoms with E-state index in [0.717, 1.165) is 35.5 Å². The summed E-state index contributed by atoms with van der Waals surface area (Å²) in [5.74, 6) is -0.141. The van der Waals surface area contributed by atoms with Crippen LogP contribution < -0.4 is 10.6 Å². The standard InChI is InChI=1S/C23H24N4O2/c1-15-12-16(2)27(26-15)21-5-3-4-18(14-21)23(29)25-20-8-6-17(7-9-20)13-22(28)24-19-10-11-19/h3-9,12,14,19H,10-11,13H2,1-2H3,(H,24,28)(H,25,29). The van der Waals surface area contributed by atoms with Crippen molar-refractivity contribution < 1.29 is 9.59 Å². The zero-order chi connectivity index (χ0) is 20.4. The topological polar surface area (TPSA) is 76.0 Å². The summed E-state index contributed by atoms with van der Waals surface area (Å²) in [6.45, 7) is 3.93. The largest absolute Gasteiger partial charge is 0.353 e. The van der Waals surface area contributed by atoms with Crippen LogP contribution in [0.5, 0.6) is 0 Å². The lowest BCUT2D eigenvalue weighted by Gasteiger charge is -2.09. The van der Waals surface area contributed by atoms with Crippen LogP contribution in [0.3, 0.4) is 0 Å². The lowest BCUT2D eigenvalue weighted by Crippen LogP contribution is -2.26. The Kier molecular flexibility index (Phi) is 5.16. The van der Waals surface area contributed by atoms with Crippen LogP contribution >= 0.6 is 0 Å². The molecule has 2 N–H and O–H groups in total. The van der Waals surface area contributed by atoms with E-state index in [0.29, 0.717) is 23.7 Å². The van der Waals surface area contributed by atoms with Crippen molar-refractivity contribution in [1.29, 1.82) is 0 Å². The highest BCUT2D eigenvalue weighted by Gasteiger charge is 2.23. The first-order valence-electron chi connectivity index (χ1n) is 9.81. The number of aromatic nitrogens is 2. The van der Waals surface area contributed by atoms with E-state index in [-0.39, 0.29) is 11.8 Å². The number of aryl methyl sites for hydroxylation is 2. The van der Waals surface area contributed by atoms with Gasteiger partial charge in [-0.2, -0.15) is 5.10 Å². The summed E-state index contributed by atoms with van der Waals surface area (Å²) in [5, 5.41) is 10.4. The molecule has 1 fully saturated rings. The Bertz CT molecular complexity index is 1050. The molecule has 6 heteroatoms. The number of hydrogen-bond acceptors (Lipinski definition) is 3. The Labute approximate surface area is 169 Å². The van der Waals surface area contributed by atoms with Gasteiger partial charge in [0.05, 0.1) is 17.8 Å². The number of anilines is 1. The second kappa shape index (κ2) is 7.91. The number of carbonyl (C=O) groups excluding carboxylic acids is 2.